The van der Waals surface area contributed by atoms with Crippen LogP contribution in [0.15, 0.2) is 0 Å². The van der Waals surface area contributed by atoms with Crippen LogP contribution in [0.1, 0.15) is 13.8 Å². The van der Waals surface area contributed by atoms with E-state index >= 15 is 0 Å². The second-order valence-electron chi connectivity index (χ2n) is 3.38. The van der Waals surface area contributed by atoms with Crippen LogP contribution in [-0.2, 0) is 4.74 Å². The molecule has 11 heavy (non-hydrogen) atoms. The van der Waals surface area contributed by atoms with E-state index in [1.54, 1.807) is 13.8 Å². The molecule has 1 aliphatic rings. The zero-order valence-electron chi connectivity index (χ0n) is 6.69. The van der Waals surface area contributed by atoms with E-state index in [-0.39, 0.29) is 6.61 Å². The van der Waals surface area contributed by atoms with Gasteiger partial charge in [-0.15, -0.1) is 0 Å². The quantitative estimate of drug-likeness (QED) is 0.456. The van der Waals surface area contributed by atoms with E-state index in [1.807, 2.05) is 0 Å². The Morgan fingerprint density at radius 1 is 1.36 bits per heavy atom. The molecule has 3 atom stereocenters. The highest BCUT2D eigenvalue weighted by Crippen LogP contribution is 2.29. The van der Waals surface area contributed by atoms with Gasteiger partial charge in [-0.1, -0.05) is 0 Å². The maximum Gasteiger partial charge on any atom is 0.111 e. The number of hydrogen-bond acceptors (Lipinski definition) is 4. The normalized spacial score (nSPS) is 42.8. The van der Waals surface area contributed by atoms with Crippen LogP contribution in [-0.4, -0.2) is 45.8 Å². The highest BCUT2D eigenvalue weighted by Gasteiger charge is 2.47. The minimum Gasteiger partial charge on any atom is -0.394 e. The van der Waals surface area contributed by atoms with E-state index in [0.717, 1.165) is 0 Å². The van der Waals surface area contributed by atoms with Gasteiger partial charge in [0.15, 0.2) is 0 Å². The van der Waals surface area contributed by atoms with Crippen molar-refractivity contribution in [2.75, 3.05) is 6.61 Å². The predicted octanol–water partition coefficient (Wildman–Crippen LogP) is -1.12. The summed E-state index contributed by atoms with van der Waals surface area (Å²) >= 11 is 0. The van der Waals surface area contributed by atoms with Crippen molar-refractivity contribution in [3.8, 4) is 0 Å². The van der Waals surface area contributed by atoms with Gasteiger partial charge in [0.05, 0.1) is 12.2 Å². The first-order valence-electron chi connectivity index (χ1n) is 3.64. The van der Waals surface area contributed by atoms with Crippen molar-refractivity contribution in [2.24, 2.45) is 0 Å². The number of rotatable bonds is 1. The summed E-state index contributed by atoms with van der Waals surface area (Å²) in [4.78, 5) is 0. The summed E-state index contributed by atoms with van der Waals surface area (Å²) in [5.41, 5.74) is -0.757. The Bertz CT molecular complexity index is 145. The maximum absolute atomic E-state index is 9.34. The molecular weight excluding hydrogens is 148 g/mol. The second kappa shape index (κ2) is 2.71. The van der Waals surface area contributed by atoms with E-state index in [9.17, 15) is 10.2 Å². The molecule has 0 aromatic heterocycles. The van der Waals surface area contributed by atoms with Gasteiger partial charge in [0, 0.05) is 0 Å². The first kappa shape index (κ1) is 8.93. The molecule has 1 rings (SSSR count). The third-order valence-electron chi connectivity index (χ3n) is 2.05. The van der Waals surface area contributed by atoms with E-state index in [0.29, 0.717) is 0 Å². The van der Waals surface area contributed by atoms with E-state index in [1.165, 1.54) is 0 Å². The van der Waals surface area contributed by atoms with Gasteiger partial charge in [-0.3, -0.25) is 0 Å². The van der Waals surface area contributed by atoms with Crippen molar-refractivity contribution < 1.29 is 20.1 Å². The van der Waals surface area contributed by atoms with Gasteiger partial charge in [0.2, 0.25) is 0 Å². The topological polar surface area (TPSA) is 69.9 Å². The number of hydrogen-bond donors (Lipinski definition) is 3. The van der Waals surface area contributed by atoms with Gasteiger partial charge >= 0.3 is 0 Å². The minimum atomic E-state index is -0.977. The summed E-state index contributed by atoms with van der Waals surface area (Å²) < 4.78 is 5.17. The van der Waals surface area contributed by atoms with Crippen molar-refractivity contribution in [1.82, 2.24) is 0 Å². The second-order valence-corrected chi connectivity index (χ2v) is 3.38. The average molecular weight is 162 g/mol. The summed E-state index contributed by atoms with van der Waals surface area (Å²) in [6.45, 7) is 3.09. The molecule has 1 heterocycles. The third kappa shape index (κ3) is 1.39. The first-order chi connectivity index (χ1) is 4.99. The van der Waals surface area contributed by atoms with Crippen LogP contribution in [0.2, 0.25) is 0 Å². The molecule has 0 saturated carbocycles. The predicted molar refractivity (Wildman–Crippen MR) is 38.1 cm³/mol. The zero-order valence-corrected chi connectivity index (χ0v) is 6.69. The lowest BCUT2D eigenvalue weighted by molar-refractivity contribution is -0.0689. The van der Waals surface area contributed by atoms with E-state index in [4.69, 9.17) is 9.84 Å². The van der Waals surface area contributed by atoms with Gasteiger partial charge < -0.3 is 20.1 Å². The molecule has 0 aromatic rings. The van der Waals surface area contributed by atoms with Crippen molar-refractivity contribution in [2.45, 2.75) is 37.8 Å². The minimum absolute atomic E-state index is 0.262. The first-order valence-corrected chi connectivity index (χ1v) is 3.64. The lowest BCUT2D eigenvalue weighted by Crippen LogP contribution is -2.38. The van der Waals surface area contributed by atoms with Crippen molar-refractivity contribution in [3.63, 3.8) is 0 Å². The van der Waals surface area contributed by atoms with Crippen LogP contribution in [0, 0.1) is 0 Å². The highest BCUT2D eigenvalue weighted by molar-refractivity contribution is 4.96. The molecule has 0 unspecified atom stereocenters. The molecular formula is C7H14O4. The number of aliphatic hydroxyl groups is 3. The largest absolute Gasteiger partial charge is 0.394 e. The summed E-state index contributed by atoms with van der Waals surface area (Å²) in [6.07, 6.45) is -2.55. The molecule has 1 aliphatic heterocycles. The van der Waals surface area contributed by atoms with E-state index < -0.39 is 23.9 Å². The van der Waals surface area contributed by atoms with Crippen molar-refractivity contribution >= 4 is 0 Å². The van der Waals surface area contributed by atoms with Gasteiger partial charge in [-0.05, 0) is 13.8 Å². The number of ether oxygens (including phenoxy) is 1. The molecule has 3 N–H and O–H groups in total. The molecule has 1 saturated heterocycles. The molecule has 0 amide bonds. The summed E-state index contributed by atoms with van der Waals surface area (Å²) in [7, 11) is 0. The zero-order chi connectivity index (χ0) is 8.65. The molecule has 0 aromatic carbocycles. The molecule has 0 radical (unpaired) electrons. The molecule has 4 nitrogen and oxygen atoms in total. The highest BCUT2D eigenvalue weighted by atomic mass is 16.6. The maximum atomic E-state index is 9.34. The average Bonchev–Trinajstić information content (AvgIpc) is 2.13. The standard InChI is InChI=1S/C7H14O4/c1-7(2)6(10)5(9)4(3-8)11-7/h4-6,8-10H,3H2,1-2H3/t4-,5+,6+/m1/s1. The lowest BCUT2D eigenvalue weighted by Gasteiger charge is -2.21. The third-order valence-corrected chi connectivity index (χ3v) is 2.05. The van der Waals surface area contributed by atoms with Crippen LogP contribution < -0.4 is 0 Å². The van der Waals surface area contributed by atoms with Crippen molar-refractivity contribution in [3.05, 3.63) is 0 Å². The Morgan fingerprint density at radius 3 is 2.09 bits per heavy atom. The molecule has 1 fully saturated rings. The van der Waals surface area contributed by atoms with Crippen LogP contribution in [0.5, 0.6) is 0 Å². The van der Waals surface area contributed by atoms with Crippen LogP contribution in [0.4, 0.5) is 0 Å². The Morgan fingerprint density at radius 2 is 1.91 bits per heavy atom. The SMILES string of the molecule is CC1(C)O[C@H](CO)[C@H](O)[C@@H]1O. The molecule has 0 bridgehead atoms. The molecule has 4 heteroatoms. The Kier molecular flexibility index (Phi) is 2.20. The van der Waals surface area contributed by atoms with Gasteiger partial charge in [0.25, 0.3) is 0 Å². The van der Waals surface area contributed by atoms with Gasteiger partial charge in [-0.25, -0.2) is 0 Å². The van der Waals surface area contributed by atoms with Crippen LogP contribution in [0.25, 0.3) is 0 Å². The van der Waals surface area contributed by atoms with Gasteiger partial charge in [0.1, 0.15) is 18.3 Å². The van der Waals surface area contributed by atoms with Crippen LogP contribution in [0.3, 0.4) is 0 Å². The summed E-state index contributed by atoms with van der Waals surface area (Å²) in [5.74, 6) is 0. The van der Waals surface area contributed by atoms with Crippen molar-refractivity contribution in [1.29, 1.82) is 0 Å². The monoisotopic (exact) mass is 162 g/mol. The van der Waals surface area contributed by atoms with Gasteiger partial charge in [-0.2, -0.15) is 0 Å². The smallest absolute Gasteiger partial charge is 0.111 e. The molecule has 0 spiro atoms. The Labute approximate surface area is 65.4 Å². The summed E-state index contributed by atoms with van der Waals surface area (Å²) in [6, 6.07) is 0. The Balaban J connectivity index is 2.69. The number of aliphatic hydroxyl groups excluding tert-OH is 3. The summed E-state index contributed by atoms with van der Waals surface area (Å²) in [5, 5.41) is 27.3. The molecule has 0 aliphatic carbocycles. The molecule has 66 valence electrons. The lowest BCUT2D eigenvalue weighted by atomic mass is 9.99. The fourth-order valence-corrected chi connectivity index (χ4v) is 1.29. The van der Waals surface area contributed by atoms with Crippen LogP contribution >= 0.6 is 0 Å². The fraction of sp³-hybridized carbons (Fsp3) is 1.00. The Hall–Kier alpha value is -0.160. The van der Waals surface area contributed by atoms with E-state index in [2.05, 4.69) is 0 Å². The fourth-order valence-electron chi connectivity index (χ4n) is 1.29.